The minimum atomic E-state index is -4.57. The standard InChI is InChI=1S/C34H46F4N4O5/c1-47-20-23-18-41(32(46)33(35)12-16-40(21-33)25-5-2-3-6-25)19-27(23)26-9-8-24(34(36,37)38)17-29(26)39-14-10-22(11-15-39)30(43)42-13-4-7-28(42)31(44)45/h8-9,17,22-23,25,27-28H,2-7,10-16,18-21H2,1H3,(H,44,45)/t23-,27+,28-,33-/m1/s1. The first-order valence-electron chi connectivity index (χ1n) is 17.1. The van der Waals surface area contributed by atoms with Crippen LogP contribution in [-0.2, 0) is 25.3 Å². The molecule has 4 saturated heterocycles. The summed E-state index contributed by atoms with van der Waals surface area (Å²) in [5, 5.41) is 9.54. The van der Waals surface area contributed by atoms with E-state index in [1.807, 2.05) is 4.90 Å². The van der Waals surface area contributed by atoms with Gasteiger partial charge in [0.25, 0.3) is 5.91 Å². The molecule has 0 aromatic heterocycles. The molecule has 1 saturated carbocycles. The van der Waals surface area contributed by atoms with E-state index in [0.717, 1.165) is 37.8 Å². The number of carbonyl (C=O) groups excluding carboxylic acids is 2. The molecule has 0 unspecified atom stereocenters. The Morgan fingerprint density at radius 2 is 1.70 bits per heavy atom. The van der Waals surface area contributed by atoms with Crippen LogP contribution in [0.25, 0.3) is 0 Å². The third-order valence-corrected chi connectivity index (χ3v) is 11.3. The predicted octanol–water partition coefficient (Wildman–Crippen LogP) is 4.54. The molecule has 1 aromatic carbocycles. The van der Waals surface area contributed by atoms with Crippen LogP contribution in [0, 0.1) is 11.8 Å². The van der Waals surface area contributed by atoms with Gasteiger partial charge in [-0.25, -0.2) is 9.18 Å². The molecular formula is C34H46F4N4O5. The molecule has 0 bridgehead atoms. The Bertz CT molecular complexity index is 1330. The number of ether oxygens (including phenoxy) is 1. The number of aliphatic carboxylic acids is 1. The van der Waals surface area contributed by atoms with Crippen LogP contribution >= 0.6 is 0 Å². The summed E-state index contributed by atoms with van der Waals surface area (Å²) in [6, 6.07) is 3.19. The number of rotatable bonds is 8. The highest BCUT2D eigenvalue weighted by atomic mass is 19.4. The van der Waals surface area contributed by atoms with E-state index >= 15 is 4.39 Å². The average molecular weight is 667 g/mol. The molecular weight excluding hydrogens is 620 g/mol. The summed E-state index contributed by atoms with van der Waals surface area (Å²) in [5.41, 5.74) is -1.72. The first kappa shape index (κ1) is 34.0. The maximum atomic E-state index is 16.3. The highest BCUT2D eigenvalue weighted by Crippen LogP contribution is 2.44. The number of anilines is 1. The molecule has 260 valence electrons. The SMILES string of the molecule is COC[C@H]1CN(C(=O)[C@@]2(F)CCN(C3CCCC3)C2)C[C@@H]1c1ccc(C(F)(F)F)cc1N1CCC(C(=O)N2CCC[C@@H]2C(=O)O)CC1. The smallest absolute Gasteiger partial charge is 0.416 e. The van der Waals surface area contributed by atoms with Crippen LogP contribution in [-0.4, -0.2) is 115 Å². The Kier molecular flexibility index (Phi) is 9.77. The lowest BCUT2D eigenvalue weighted by Crippen LogP contribution is -2.48. The first-order valence-corrected chi connectivity index (χ1v) is 17.1. The number of amides is 2. The molecule has 4 atom stereocenters. The van der Waals surface area contributed by atoms with E-state index < -0.39 is 41.2 Å². The molecule has 9 nitrogen and oxygen atoms in total. The second-order valence-corrected chi connectivity index (χ2v) is 14.2. The van der Waals surface area contributed by atoms with Crippen LogP contribution in [0.15, 0.2) is 18.2 Å². The van der Waals surface area contributed by atoms with E-state index in [1.165, 1.54) is 11.0 Å². The van der Waals surface area contributed by atoms with Crippen molar-refractivity contribution in [3.05, 3.63) is 29.3 Å². The highest BCUT2D eigenvalue weighted by molar-refractivity contribution is 5.87. The maximum absolute atomic E-state index is 16.3. The Hall–Kier alpha value is -2.93. The fourth-order valence-electron chi connectivity index (χ4n) is 8.81. The largest absolute Gasteiger partial charge is 0.480 e. The predicted molar refractivity (Wildman–Crippen MR) is 166 cm³/mol. The van der Waals surface area contributed by atoms with E-state index in [1.54, 1.807) is 12.0 Å². The number of carbonyl (C=O) groups is 3. The summed E-state index contributed by atoms with van der Waals surface area (Å²) >= 11 is 0. The lowest BCUT2D eigenvalue weighted by molar-refractivity contribution is -0.150. The molecule has 2 amide bonds. The molecule has 6 rings (SSSR count). The van der Waals surface area contributed by atoms with Gasteiger partial charge in [0.15, 0.2) is 0 Å². The van der Waals surface area contributed by atoms with Crippen molar-refractivity contribution in [1.29, 1.82) is 0 Å². The van der Waals surface area contributed by atoms with Gasteiger partial charge in [0.1, 0.15) is 6.04 Å². The minimum absolute atomic E-state index is 0.0798. The van der Waals surface area contributed by atoms with Crippen LogP contribution in [0.5, 0.6) is 0 Å². The third-order valence-electron chi connectivity index (χ3n) is 11.3. The Morgan fingerprint density at radius 1 is 0.979 bits per heavy atom. The molecule has 1 aliphatic carbocycles. The van der Waals surface area contributed by atoms with Crippen molar-refractivity contribution in [2.45, 2.75) is 87.6 Å². The Labute approximate surface area is 273 Å². The Balaban J connectivity index is 1.21. The number of hydrogen-bond donors (Lipinski definition) is 1. The van der Waals surface area contributed by atoms with Gasteiger partial charge in [-0.3, -0.25) is 14.5 Å². The van der Waals surface area contributed by atoms with Gasteiger partial charge in [-0.1, -0.05) is 18.9 Å². The summed E-state index contributed by atoms with van der Waals surface area (Å²) in [6.07, 6.45) is 1.67. The summed E-state index contributed by atoms with van der Waals surface area (Å²) < 4.78 is 63.7. The number of likely N-dealkylation sites (tertiary alicyclic amines) is 3. The lowest BCUT2D eigenvalue weighted by Gasteiger charge is -2.37. The zero-order chi connectivity index (χ0) is 33.5. The van der Waals surface area contributed by atoms with Gasteiger partial charge in [-0.05, 0) is 56.2 Å². The van der Waals surface area contributed by atoms with Gasteiger partial charge in [0.05, 0.1) is 12.2 Å². The molecule has 0 spiro atoms. The monoisotopic (exact) mass is 666 g/mol. The van der Waals surface area contributed by atoms with E-state index in [4.69, 9.17) is 4.74 Å². The van der Waals surface area contributed by atoms with Gasteiger partial charge in [0, 0.05) is 88.8 Å². The molecule has 4 heterocycles. The summed E-state index contributed by atoms with van der Waals surface area (Å²) in [7, 11) is 1.54. The van der Waals surface area contributed by atoms with Crippen molar-refractivity contribution in [2.24, 2.45) is 11.8 Å². The summed E-state index contributed by atoms with van der Waals surface area (Å²) in [6.45, 7) is 2.36. The van der Waals surface area contributed by atoms with Crippen molar-refractivity contribution in [3.8, 4) is 0 Å². The van der Waals surface area contributed by atoms with Gasteiger partial charge in [0.2, 0.25) is 11.6 Å². The summed E-state index contributed by atoms with van der Waals surface area (Å²) in [5.74, 6) is -2.78. The van der Waals surface area contributed by atoms with Crippen LogP contribution < -0.4 is 4.90 Å². The fourth-order valence-corrected chi connectivity index (χ4v) is 8.81. The zero-order valence-electron chi connectivity index (χ0n) is 27.0. The van der Waals surface area contributed by atoms with Crippen LogP contribution in [0.1, 0.15) is 74.8 Å². The molecule has 0 radical (unpaired) electrons. The van der Waals surface area contributed by atoms with Gasteiger partial charge in [-0.15, -0.1) is 0 Å². The van der Waals surface area contributed by atoms with Gasteiger partial charge >= 0.3 is 12.1 Å². The van der Waals surface area contributed by atoms with Crippen molar-refractivity contribution in [1.82, 2.24) is 14.7 Å². The molecule has 5 fully saturated rings. The van der Waals surface area contributed by atoms with Crippen LogP contribution in [0.2, 0.25) is 0 Å². The number of hydrogen-bond acceptors (Lipinski definition) is 6. The number of alkyl halides is 4. The Morgan fingerprint density at radius 3 is 2.36 bits per heavy atom. The number of carboxylic acid groups (broad SMARTS) is 1. The van der Waals surface area contributed by atoms with Gasteiger partial charge < -0.3 is 24.5 Å². The maximum Gasteiger partial charge on any atom is 0.416 e. The number of methoxy groups -OCH3 is 1. The van der Waals surface area contributed by atoms with Crippen LogP contribution in [0.4, 0.5) is 23.2 Å². The van der Waals surface area contributed by atoms with Crippen LogP contribution in [0.3, 0.4) is 0 Å². The summed E-state index contributed by atoms with van der Waals surface area (Å²) in [4.78, 5) is 45.7. The van der Waals surface area contributed by atoms with Crippen molar-refractivity contribution >= 4 is 23.5 Å². The molecule has 1 aromatic rings. The van der Waals surface area contributed by atoms with Gasteiger partial charge in [-0.2, -0.15) is 13.2 Å². The topological polar surface area (TPSA) is 93.6 Å². The zero-order valence-corrected chi connectivity index (χ0v) is 27.0. The third kappa shape index (κ3) is 6.84. The average Bonchev–Trinajstić information content (AvgIpc) is 3.87. The van der Waals surface area contributed by atoms with E-state index in [2.05, 4.69) is 4.90 Å². The van der Waals surface area contributed by atoms with Crippen molar-refractivity contribution < 1.29 is 41.8 Å². The number of benzene rings is 1. The van der Waals surface area contributed by atoms with Crippen molar-refractivity contribution in [3.63, 3.8) is 0 Å². The first-order chi connectivity index (χ1) is 22.4. The molecule has 4 aliphatic heterocycles. The molecule has 47 heavy (non-hydrogen) atoms. The lowest BCUT2D eigenvalue weighted by atomic mass is 9.86. The second kappa shape index (κ2) is 13.5. The van der Waals surface area contributed by atoms with Crippen molar-refractivity contribution in [2.75, 3.05) is 64.4 Å². The molecule has 13 heteroatoms. The molecule has 5 aliphatic rings. The fraction of sp³-hybridized carbons (Fsp3) is 0.735. The number of carboxylic acids is 1. The normalized spacial score (nSPS) is 29.7. The quantitative estimate of drug-likeness (QED) is 0.408. The number of halogens is 4. The second-order valence-electron chi connectivity index (χ2n) is 14.2. The van der Waals surface area contributed by atoms with E-state index in [9.17, 15) is 32.7 Å². The van der Waals surface area contributed by atoms with E-state index in [0.29, 0.717) is 69.2 Å². The number of nitrogens with zero attached hydrogens (tertiary/aromatic N) is 4. The molecule has 1 N–H and O–H groups in total. The number of piperidine rings is 1. The highest BCUT2D eigenvalue weighted by Gasteiger charge is 2.51. The minimum Gasteiger partial charge on any atom is -0.480 e. The van der Waals surface area contributed by atoms with E-state index in [-0.39, 0.29) is 50.4 Å².